The number of aromatic nitrogens is 2. The van der Waals surface area contributed by atoms with Crippen LogP contribution < -0.4 is 5.32 Å². The Morgan fingerprint density at radius 3 is 2.86 bits per heavy atom. The van der Waals surface area contributed by atoms with Crippen molar-refractivity contribution < 1.29 is 4.79 Å². The molecule has 0 radical (unpaired) electrons. The Kier molecular flexibility index (Phi) is 6.18. The molecular formula is C23H32N4OS. The third-order valence-corrected chi connectivity index (χ3v) is 7.58. The summed E-state index contributed by atoms with van der Waals surface area (Å²) in [6.45, 7) is 7.30. The van der Waals surface area contributed by atoms with E-state index in [1.165, 1.54) is 29.7 Å². The first kappa shape index (κ1) is 20.3. The molecule has 156 valence electrons. The van der Waals surface area contributed by atoms with Gasteiger partial charge in [0.05, 0.1) is 11.8 Å². The average molecular weight is 413 g/mol. The van der Waals surface area contributed by atoms with Crippen LogP contribution in [0.5, 0.6) is 0 Å². The summed E-state index contributed by atoms with van der Waals surface area (Å²) in [5, 5.41) is 8.59. The van der Waals surface area contributed by atoms with Gasteiger partial charge in [-0.1, -0.05) is 26.2 Å². The van der Waals surface area contributed by atoms with Crippen molar-refractivity contribution in [2.24, 2.45) is 10.9 Å². The number of hydrogen-bond acceptors (Lipinski definition) is 4. The SMILES string of the molecule is CCn1ncc(C=Nc2sc3c(c2C(=O)NC2CCCCC2)CC[C@@H](C)C3)c1C. The molecule has 6 heteroatoms. The molecule has 1 saturated carbocycles. The smallest absolute Gasteiger partial charge is 0.254 e. The number of amides is 1. The van der Waals surface area contributed by atoms with E-state index in [4.69, 9.17) is 4.99 Å². The number of hydrogen-bond donors (Lipinski definition) is 1. The Morgan fingerprint density at radius 1 is 1.34 bits per heavy atom. The van der Waals surface area contributed by atoms with Crippen LogP contribution in [-0.4, -0.2) is 27.9 Å². The minimum Gasteiger partial charge on any atom is -0.349 e. The van der Waals surface area contributed by atoms with Crippen LogP contribution in [0.4, 0.5) is 5.00 Å². The summed E-state index contributed by atoms with van der Waals surface area (Å²) in [5.41, 5.74) is 4.21. The van der Waals surface area contributed by atoms with Crippen molar-refractivity contribution in [3.8, 4) is 0 Å². The summed E-state index contributed by atoms with van der Waals surface area (Å²) in [5.74, 6) is 0.759. The Labute approximate surface area is 177 Å². The fourth-order valence-electron chi connectivity index (χ4n) is 4.60. The molecule has 0 aromatic carbocycles. The topological polar surface area (TPSA) is 59.3 Å². The molecule has 4 rings (SSSR count). The van der Waals surface area contributed by atoms with E-state index >= 15 is 0 Å². The standard InChI is InChI=1S/C23H32N4OS/c1-4-27-16(3)17(14-25-27)13-24-23-21(19-11-10-15(2)12-20(19)29-23)22(28)26-18-8-6-5-7-9-18/h13-15,18H,4-12H2,1-3H3,(H,26,28)/t15-/m1/s1. The third kappa shape index (κ3) is 4.32. The Bertz CT molecular complexity index is 904. The van der Waals surface area contributed by atoms with Gasteiger partial charge in [0, 0.05) is 34.9 Å². The van der Waals surface area contributed by atoms with Crippen molar-refractivity contribution in [2.75, 3.05) is 0 Å². The van der Waals surface area contributed by atoms with Gasteiger partial charge < -0.3 is 5.32 Å². The molecule has 29 heavy (non-hydrogen) atoms. The summed E-state index contributed by atoms with van der Waals surface area (Å²) in [6, 6.07) is 0.316. The summed E-state index contributed by atoms with van der Waals surface area (Å²) < 4.78 is 1.97. The van der Waals surface area contributed by atoms with Crippen molar-refractivity contribution >= 4 is 28.5 Å². The number of fused-ring (bicyclic) bond motifs is 1. The highest BCUT2D eigenvalue weighted by Crippen LogP contribution is 2.41. The zero-order valence-corrected chi connectivity index (χ0v) is 18.6. The van der Waals surface area contributed by atoms with Gasteiger partial charge in [0.1, 0.15) is 5.00 Å². The minimum absolute atomic E-state index is 0.0806. The van der Waals surface area contributed by atoms with Crippen LogP contribution in [0.25, 0.3) is 0 Å². The largest absolute Gasteiger partial charge is 0.349 e. The Morgan fingerprint density at radius 2 is 2.14 bits per heavy atom. The second-order valence-electron chi connectivity index (χ2n) is 8.60. The monoisotopic (exact) mass is 412 g/mol. The molecule has 0 spiro atoms. The van der Waals surface area contributed by atoms with E-state index in [9.17, 15) is 4.79 Å². The van der Waals surface area contributed by atoms with Gasteiger partial charge in [-0.15, -0.1) is 11.3 Å². The first-order valence-electron chi connectivity index (χ1n) is 11.1. The fraction of sp³-hybridized carbons (Fsp3) is 0.609. The number of nitrogens with one attached hydrogen (secondary N) is 1. The molecule has 1 atom stereocenters. The molecule has 1 fully saturated rings. The van der Waals surface area contributed by atoms with Crippen LogP contribution in [-0.2, 0) is 19.4 Å². The molecule has 2 aliphatic rings. The predicted octanol–water partition coefficient (Wildman–Crippen LogP) is 5.21. The van der Waals surface area contributed by atoms with Crippen molar-refractivity contribution in [1.82, 2.24) is 15.1 Å². The molecule has 1 N–H and O–H groups in total. The van der Waals surface area contributed by atoms with Gasteiger partial charge in [0.2, 0.25) is 0 Å². The van der Waals surface area contributed by atoms with Gasteiger partial charge in [-0.25, -0.2) is 4.99 Å². The molecule has 5 nitrogen and oxygen atoms in total. The molecule has 0 unspecified atom stereocenters. The van der Waals surface area contributed by atoms with Gasteiger partial charge in [0.15, 0.2) is 0 Å². The quantitative estimate of drug-likeness (QED) is 0.685. The number of aryl methyl sites for hydroxylation is 1. The van der Waals surface area contributed by atoms with E-state index in [0.717, 1.165) is 60.5 Å². The van der Waals surface area contributed by atoms with Crippen molar-refractivity contribution in [3.05, 3.63) is 33.5 Å². The molecule has 2 aromatic rings. The molecule has 1 amide bonds. The lowest BCUT2D eigenvalue weighted by molar-refractivity contribution is 0.0927. The lowest BCUT2D eigenvalue weighted by atomic mass is 9.88. The Balaban J connectivity index is 1.64. The van der Waals surface area contributed by atoms with Gasteiger partial charge in [-0.2, -0.15) is 5.10 Å². The maximum absolute atomic E-state index is 13.3. The zero-order valence-electron chi connectivity index (χ0n) is 17.8. The van der Waals surface area contributed by atoms with E-state index in [-0.39, 0.29) is 5.91 Å². The van der Waals surface area contributed by atoms with Gasteiger partial charge in [-0.3, -0.25) is 9.48 Å². The van der Waals surface area contributed by atoms with Crippen LogP contribution in [0.2, 0.25) is 0 Å². The van der Waals surface area contributed by atoms with E-state index in [2.05, 4.69) is 31.2 Å². The number of aliphatic imine (C=N–C) groups is 1. The lowest BCUT2D eigenvalue weighted by Crippen LogP contribution is -2.36. The molecule has 0 saturated heterocycles. The second kappa shape index (κ2) is 8.82. The summed E-state index contributed by atoms with van der Waals surface area (Å²) in [4.78, 5) is 19.4. The molecule has 2 heterocycles. The van der Waals surface area contributed by atoms with E-state index in [0.29, 0.717) is 12.0 Å². The predicted molar refractivity (Wildman–Crippen MR) is 120 cm³/mol. The van der Waals surface area contributed by atoms with E-state index in [1.54, 1.807) is 11.3 Å². The fourth-order valence-corrected chi connectivity index (χ4v) is 5.95. The molecule has 2 aliphatic carbocycles. The molecule has 0 bridgehead atoms. The highest BCUT2D eigenvalue weighted by atomic mass is 32.1. The third-order valence-electron chi connectivity index (χ3n) is 6.42. The van der Waals surface area contributed by atoms with Crippen LogP contribution in [0.3, 0.4) is 0 Å². The number of nitrogens with zero attached hydrogens (tertiary/aromatic N) is 3. The van der Waals surface area contributed by atoms with Crippen molar-refractivity contribution in [1.29, 1.82) is 0 Å². The molecular weight excluding hydrogens is 380 g/mol. The molecule has 0 aliphatic heterocycles. The number of rotatable bonds is 5. The maximum Gasteiger partial charge on any atom is 0.254 e. The van der Waals surface area contributed by atoms with Gasteiger partial charge in [-0.05, 0) is 57.4 Å². The zero-order chi connectivity index (χ0) is 20.4. The van der Waals surface area contributed by atoms with Crippen LogP contribution >= 0.6 is 11.3 Å². The van der Waals surface area contributed by atoms with Crippen LogP contribution in [0.1, 0.15) is 84.4 Å². The first-order chi connectivity index (χ1) is 14.1. The van der Waals surface area contributed by atoms with Crippen LogP contribution in [0.15, 0.2) is 11.2 Å². The minimum atomic E-state index is 0.0806. The summed E-state index contributed by atoms with van der Waals surface area (Å²) in [6.07, 6.45) is 12.9. The number of carbonyl (C=O) groups excluding carboxylic acids is 1. The number of carbonyl (C=O) groups is 1. The van der Waals surface area contributed by atoms with E-state index < -0.39 is 0 Å². The molecule has 2 aromatic heterocycles. The Hall–Kier alpha value is -1.95. The summed E-state index contributed by atoms with van der Waals surface area (Å²) >= 11 is 1.71. The highest BCUT2D eigenvalue weighted by molar-refractivity contribution is 7.16. The van der Waals surface area contributed by atoms with Crippen molar-refractivity contribution in [2.45, 2.75) is 84.7 Å². The lowest BCUT2D eigenvalue weighted by Gasteiger charge is -2.23. The highest BCUT2D eigenvalue weighted by Gasteiger charge is 2.28. The normalized spacial score (nSPS) is 20.2. The van der Waals surface area contributed by atoms with Crippen LogP contribution in [0, 0.1) is 12.8 Å². The van der Waals surface area contributed by atoms with Gasteiger partial charge in [0.25, 0.3) is 5.91 Å². The summed E-state index contributed by atoms with van der Waals surface area (Å²) in [7, 11) is 0. The van der Waals surface area contributed by atoms with Gasteiger partial charge >= 0.3 is 0 Å². The first-order valence-corrected chi connectivity index (χ1v) is 11.9. The van der Waals surface area contributed by atoms with Crippen molar-refractivity contribution in [3.63, 3.8) is 0 Å². The second-order valence-corrected chi connectivity index (χ2v) is 9.68. The average Bonchev–Trinajstić information content (AvgIpc) is 3.26. The van der Waals surface area contributed by atoms with E-state index in [1.807, 2.05) is 17.1 Å². The maximum atomic E-state index is 13.3. The number of thiophene rings is 1.